The quantitative estimate of drug-likeness (QED) is 0.783. The molecule has 2 amide bonds. The van der Waals surface area contributed by atoms with Crippen LogP contribution in [0.3, 0.4) is 0 Å². The summed E-state index contributed by atoms with van der Waals surface area (Å²) < 4.78 is 4.40. The Balaban J connectivity index is 2.50. The monoisotopic (exact) mass is 236 g/mol. The highest BCUT2D eigenvalue weighted by Gasteiger charge is 2.05. The Bertz CT molecular complexity index is 430. The number of nitrogens with one attached hydrogen (secondary N) is 2. The second-order valence-corrected chi connectivity index (χ2v) is 3.68. The van der Waals surface area contributed by atoms with E-state index in [9.17, 15) is 9.59 Å². The molecule has 0 atom stereocenters. The second-order valence-electron chi connectivity index (χ2n) is 3.68. The molecule has 92 valence electrons. The Morgan fingerprint density at radius 2 is 1.94 bits per heavy atom. The summed E-state index contributed by atoms with van der Waals surface area (Å²) in [5, 5.41) is 5.02. The van der Waals surface area contributed by atoms with Gasteiger partial charge in [0.2, 0.25) is 0 Å². The third-order valence-corrected chi connectivity index (χ3v) is 2.39. The molecular formula is C12H16N2O3. The SMILES string of the molecule is COC(=O)CNC(=O)Nc1ccc(C)c(C)c1. The van der Waals surface area contributed by atoms with Gasteiger partial charge in [0, 0.05) is 5.69 Å². The fourth-order valence-electron chi connectivity index (χ4n) is 1.22. The van der Waals surface area contributed by atoms with Crippen molar-refractivity contribution in [2.75, 3.05) is 19.0 Å². The van der Waals surface area contributed by atoms with E-state index in [-0.39, 0.29) is 6.54 Å². The topological polar surface area (TPSA) is 67.4 Å². The highest BCUT2D eigenvalue weighted by atomic mass is 16.5. The standard InChI is InChI=1S/C12H16N2O3/c1-8-4-5-10(6-9(8)2)14-12(16)13-7-11(15)17-3/h4-6H,7H2,1-3H3,(H2,13,14,16). The van der Waals surface area contributed by atoms with Crippen LogP contribution >= 0.6 is 0 Å². The lowest BCUT2D eigenvalue weighted by molar-refractivity contribution is -0.139. The normalized spacial score (nSPS) is 9.59. The van der Waals surface area contributed by atoms with E-state index in [1.165, 1.54) is 7.11 Å². The third kappa shape index (κ3) is 4.14. The van der Waals surface area contributed by atoms with Crippen molar-refractivity contribution >= 4 is 17.7 Å². The minimum Gasteiger partial charge on any atom is -0.468 e. The van der Waals surface area contributed by atoms with Gasteiger partial charge in [0.05, 0.1) is 7.11 Å². The van der Waals surface area contributed by atoms with Crippen LogP contribution in [0.15, 0.2) is 18.2 Å². The van der Waals surface area contributed by atoms with Gasteiger partial charge in [-0.15, -0.1) is 0 Å². The first-order valence-corrected chi connectivity index (χ1v) is 5.22. The summed E-state index contributed by atoms with van der Waals surface area (Å²) in [6, 6.07) is 5.16. The zero-order valence-corrected chi connectivity index (χ0v) is 10.2. The molecule has 0 fully saturated rings. The van der Waals surface area contributed by atoms with Gasteiger partial charge >= 0.3 is 12.0 Å². The van der Waals surface area contributed by atoms with E-state index in [2.05, 4.69) is 15.4 Å². The van der Waals surface area contributed by atoms with Crippen molar-refractivity contribution in [3.05, 3.63) is 29.3 Å². The summed E-state index contributed by atoms with van der Waals surface area (Å²) >= 11 is 0. The number of urea groups is 1. The molecule has 0 unspecified atom stereocenters. The summed E-state index contributed by atoms with van der Waals surface area (Å²) in [6.45, 7) is 3.82. The summed E-state index contributed by atoms with van der Waals surface area (Å²) in [7, 11) is 1.27. The lowest BCUT2D eigenvalue weighted by Crippen LogP contribution is -2.33. The Hall–Kier alpha value is -2.04. The second kappa shape index (κ2) is 5.89. The number of methoxy groups -OCH3 is 1. The molecule has 0 aromatic heterocycles. The number of rotatable bonds is 3. The van der Waals surface area contributed by atoms with Crippen molar-refractivity contribution in [3.63, 3.8) is 0 Å². The van der Waals surface area contributed by atoms with Crippen LogP contribution in [0.1, 0.15) is 11.1 Å². The predicted octanol–water partition coefficient (Wildman–Crippen LogP) is 1.60. The van der Waals surface area contributed by atoms with Gasteiger partial charge < -0.3 is 15.4 Å². The molecule has 0 heterocycles. The van der Waals surface area contributed by atoms with Crippen LogP contribution in [0.4, 0.5) is 10.5 Å². The van der Waals surface area contributed by atoms with Gasteiger partial charge in [-0.2, -0.15) is 0 Å². The molecule has 0 radical (unpaired) electrons. The molecule has 0 saturated carbocycles. The molecule has 1 aromatic carbocycles. The first-order valence-electron chi connectivity index (χ1n) is 5.22. The molecule has 2 N–H and O–H groups in total. The molecule has 0 aliphatic heterocycles. The zero-order chi connectivity index (χ0) is 12.8. The Morgan fingerprint density at radius 3 is 2.53 bits per heavy atom. The van der Waals surface area contributed by atoms with Crippen LogP contribution in [-0.4, -0.2) is 25.7 Å². The van der Waals surface area contributed by atoms with E-state index in [0.717, 1.165) is 11.1 Å². The van der Waals surface area contributed by atoms with Crippen LogP contribution in [0.5, 0.6) is 0 Å². The van der Waals surface area contributed by atoms with E-state index in [1.54, 1.807) is 6.07 Å². The number of hydrogen-bond donors (Lipinski definition) is 2. The van der Waals surface area contributed by atoms with Gasteiger partial charge in [-0.25, -0.2) is 4.79 Å². The molecule has 17 heavy (non-hydrogen) atoms. The highest BCUT2D eigenvalue weighted by Crippen LogP contribution is 2.13. The molecule has 0 bridgehead atoms. The van der Waals surface area contributed by atoms with E-state index in [0.29, 0.717) is 5.69 Å². The fraction of sp³-hybridized carbons (Fsp3) is 0.333. The van der Waals surface area contributed by atoms with Gasteiger partial charge in [-0.3, -0.25) is 4.79 Å². The average molecular weight is 236 g/mol. The van der Waals surface area contributed by atoms with Gasteiger partial charge in [-0.1, -0.05) is 6.07 Å². The Labute approximate surface area is 100 Å². The summed E-state index contributed by atoms with van der Waals surface area (Å²) in [4.78, 5) is 22.2. The van der Waals surface area contributed by atoms with Gasteiger partial charge in [0.1, 0.15) is 6.54 Å². The van der Waals surface area contributed by atoms with Gasteiger partial charge in [0.15, 0.2) is 0 Å². The van der Waals surface area contributed by atoms with Crippen molar-refractivity contribution in [2.24, 2.45) is 0 Å². The molecule has 5 nitrogen and oxygen atoms in total. The van der Waals surface area contributed by atoms with Crippen LogP contribution in [-0.2, 0) is 9.53 Å². The minimum atomic E-state index is -0.486. The molecule has 5 heteroatoms. The maximum atomic E-state index is 11.4. The lowest BCUT2D eigenvalue weighted by Gasteiger charge is -2.08. The van der Waals surface area contributed by atoms with Crippen molar-refractivity contribution < 1.29 is 14.3 Å². The van der Waals surface area contributed by atoms with Gasteiger partial charge in [0.25, 0.3) is 0 Å². The number of carbonyl (C=O) groups is 2. The number of benzene rings is 1. The Morgan fingerprint density at radius 1 is 1.24 bits per heavy atom. The molecule has 0 aliphatic carbocycles. The first-order chi connectivity index (χ1) is 8.02. The van der Waals surface area contributed by atoms with Crippen LogP contribution in [0.25, 0.3) is 0 Å². The molecule has 0 aliphatic rings. The van der Waals surface area contributed by atoms with E-state index in [4.69, 9.17) is 0 Å². The summed E-state index contributed by atoms with van der Waals surface area (Å²) in [5.74, 6) is -0.486. The predicted molar refractivity (Wildman–Crippen MR) is 65.0 cm³/mol. The smallest absolute Gasteiger partial charge is 0.325 e. The van der Waals surface area contributed by atoms with Crippen LogP contribution in [0.2, 0.25) is 0 Å². The first kappa shape index (κ1) is 13.0. The number of carbonyl (C=O) groups excluding carboxylic acids is 2. The largest absolute Gasteiger partial charge is 0.468 e. The summed E-state index contributed by atoms with van der Waals surface area (Å²) in [6.07, 6.45) is 0. The van der Waals surface area contributed by atoms with Crippen molar-refractivity contribution in [3.8, 4) is 0 Å². The molecule has 0 saturated heterocycles. The van der Waals surface area contributed by atoms with E-state index >= 15 is 0 Å². The number of aryl methyl sites for hydroxylation is 2. The minimum absolute atomic E-state index is 0.146. The number of amides is 2. The molecular weight excluding hydrogens is 220 g/mol. The highest BCUT2D eigenvalue weighted by molar-refractivity contribution is 5.91. The number of ether oxygens (including phenoxy) is 1. The maximum absolute atomic E-state index is 11.4. The van der Waals surface area contributed by atoms with E-state index in [1.807, 2.05) is 26.0 Å². The molecule has 1 aromatic rings. The zero-order valence-electron chi connectivity index (χ0n) is 10.2. The number of hydrogen-bond acceptors (Lipinski definition) is 3. The van der Waals surface area contributed by atoms with Crippen molar-refractivity contribution in [1.29, 1.82) is 0 Å². The van der Waals surface area contributed by atoms with Gasteiger partial charge in [-0.05, 0) is 37.1 Å². The average Bonchev–Trinajstić information content (AvgIpc) is 2.31. The summed E-state index contributed by atoms with van der Waals surface area (Å²) in [5.41, 5.74) is 2.94. The molecule has 0 spiro atoms. The fourth-order valence-corrected chi connectivity index (χ4v) is 1.22. The molecule has 1 rings (SSSR count). The number of esters is 1. The van der Waals surface area contributed by atoms with Crippen LogP contribution < -0.4 is 10.6 Å². The Kier molecular flexibility index (Phi) is 4.51. The van der Waals surface area contributed by atoms with Crippen LogP contribution in [0, 0.1) is 13.8 Å². The van der Waals surface area contributed by atoms with Crippen molar-refractivity contribution in [2.45, 2.75) is 13.8 Å². The maximum Gasteiger partial charge on any atom is 0.325 e. The third-order valence-electron chi connectivity index (χ3n) is 2.39. The van der Waals surface area contributed by atoms with E-state index < -0.39 is 12.0 Å². The lowest BCUT2D eigenvalue weighted by atomic mass is 10.1. The van der Waals surface area contributed by atoms with Crippen molar-refractivity contribution in [1.82, 2.24) is 5.32 Å². The number of anilines is 1.